The van der Waals surface area contributed by atoms with E-state index >= 15 is 0 Å². The largest absolute Gasteiger partial charge is 0.508 e. The molecule has 0 saturated carbocycles. The van der Waals surface area contributed by atoms with Crippen LogP contribution in [0.15, 0.2) is 28.7 Å². The molecule has 0 bridgehead atoms. The summed E-state index contributed by atoms with van der Waals surface area (Å²) < 4.78 is 5.32. The van der Waals surface area contributed by atoms with E-state index < -0.39 is 0 Å². The lowest BCUT2D eigenvalue weighted by molar-refractivity contribution is 0.475. The van der Waals surface area contributed by atoms with E-state index in [0.29, 0.717) is 5.89 Å². The second kappa shape index (κ2) is 3.18. The average Bonchev–Trinajstić information content (AvgIpc) is 2.45. The minimum atomic E-state index is 0.238. The van der Waals surface area contributed by atoms with Crippen molar-refractivity contribution in [3.63, 3.8) is 0 Å². The number of nitrogens with zero attached hydrogens (tertiary/aromatic N) is 1. The van der Waals surface area contributed by atoms with Crippen molar-refractivity contribution < 1.29 is 9.52 Å². The molecule has 2 rings (SSSR count). The fourth-order valence-corrected chi connectivity index (χ4v) is 1.45. The molecule has 3 nitrogen and oxygen atoms in total. The highest BCUT2D eigenvalue weighted by atomic mass is 16.4. The first-order valence-corrected chi connectivity index (χ1v) is 4.40. The molecular weight excluding hydrogens is 178 g/mol. The maximum atomic E-state index is 9.31. The van der Waals surface area contributed by atoms with Crippen LogP contribution >= 0.6 is 0 Å². The molecule has 0 aliphatic carbocycles. The molecule has 0 atom stereocenters. The first-order chi connectivity index (χ1) is 6.66. The lowest BCUT2D eigenvalue weighted by Crippen LogP contribution is -1.80. The van der Waals surface area contributed by atoms with Crippen molar-refractivity contribution in [2.24, 2.45) is 0 Å². The zero-order valence-electron chi connectivity index (χ0n) is 8.11. The standard InChI is InChI=1S/C11H11NO2/c1-7-11(12-8(2)14-7)9-4-3-5-10(13)6-9/h3-6,13H,1-2H3. The Morgan fingerprint density at radius 1 is 1.29 bits per heavy atom. The van der Waals surface area contributed by atoms with Gasteiger partial charge in [0.1, 0.15) is 17.2 Å². The minimum absolute atomic E-state index is 0.238. The van der Waals surface area contributed by atoms with Gasteiger partial charge in [-0.25, -0.2) is 4.98 Å². The number of phenolic OH excluding ortho intramolecular Hbond substituents is 1. The van der Waals surface area contributed by atoms with Gasteiger partial charge in [0.05, 0.1) is 0 Å². The number of aryl methyl sites for hydroxylation is 2. The van der Waals surface area contributed by atoms with Crippen LogP contribution in [0.1, 0.15) is 11.7 Å². The summed E-state index contributed by atoms with van der Waals surface area (Å²) in [5.74, 6) is 1.65. The molecule has 1 aromatic carbocycles. The van der Waals surface area contributed by atoms with E-state index in [-0.39, 0.29) is 5.75 Å². The van der Waals surface area contributed by atoms with Gasteiger partial charge in [0.25, 0.3) is 0 Å². The van der Waals surface area contributed by atoms with E-state index in [1.165, 1.54) is 0 Å². The van der Waals surface area contributed by atoms with Crippen molar-refractivity contribution in [1.82, 2.24) is 4.98 Å². The Balaban J connectivity index is 2.54. The van der Waals surface area contributed by atoms with Gasteiger partial charge in [-0.2, -0.15) is 0 Å². The molecule has 1 aromatic heterocycles. The highest BCUT2D eigenvalue weighted by molar-refractivity contribution is 5.62. The maximum Gasteiger partial charge on any atom is 0.191 e. The molecule has 0 unspecified atom stereocenters. The number of phenols is 1. The van der Waals surface area contributed by atoms with E-state index in [4.69, 9.17) is 4.42 Å². The number of hydrogen-bond donors (Lipinski definition) is 1. The van der Waals surface area contributed by atoms with Gasteiger partial charge in [-0.3, -0.25) is 0 Å². The number of aromatic hydroxyl groups is 1. The normalized spacial score (nSPS) is 10.4. The third kappa shape index (κ3) is 1.48. The van der Waals surface area contributed by atoms with Crippen LogP contribution in [-0.2, 0) is 0 Å². The lowest BCUT2D eigenvalue weighted by Gasteiger charge is -1.97. The Hall–Kier alpha value is -1.77. The van der Waals surface area contributed by atoms with Gasteiger partial charge in [0.2, 0.25) is 0 Å². The van der Waals surface area contributed by atoms with Crippen LogP contribution in [-0.4, -0.2) is 10.1 Å². The molecule has 0 amide bonds. The van der Waals surface area contributed by atoms with Crippen LogP contribution in [0, 0.1) is 13.8 Å². The Kier molecular flexibility index (Phi) is 2.00. The first kappa shape index (κ1) is 8.81. The molecule has 0 aliphatic heterocycles. The zero-order valence-corrected chi connectivity index (χ0v) is 8.11. The quantitative estimate of drug-likeness (QED) is 0.750. The minimum Gasteiger partial charge on any atom is -0.508 e. The molecule has 0 aliphatic rings. The topological polar surface area (TPSA) is 46.3 Å². The predicted molar refractivity (Wildman–Crippen MR) is 53.1 cm³/mol. The van der Waals surface area contributed by atoms with Gasteiger partial charge in [-0.1, -0.05) is 12.1 Å². The zero-order chi connectivity index (χ0) is 10.1. The monoisotopic (exact) mass is 189 g/mol. The summed E-state index contributed by atoms with van der Waals surface area (Å²) >= 11 is 0. The van der Waals surface area contributed by atoms with Gasteiger partial charge in [-0.15, -0.1) is 0 Å². The summed E-state index contributed by atoms with van der Waals surface area (Å²) in [6.45, 7) is 3.67. The Morgan fingerprint density at radius 2 is 2.07 bits per heavy atom. The van der Waals surface area contributed by atoms with Gasteiger partial charge >= 0.3 is 0 Å². The van der Waals surface area contributed by atoms with Gasteiger partial charge < -0.3 is 9.52 Å². The molecule has 1 heterocycles. The number of hydrogen-bond acceptors (Lipinski definition) is 3. The number of benzene rings is 1. The summed E-state index contributed by atoms with van der Waals surface area (Å²) in [5.41, 5.74) is 1.66. The Morgan fingerprint density at radius 3 is 2.64 bits per heavy atom. The molecule has 0 spiro atoms. The van der Waals surface area contributed by atoms with E-state index in [1.54, 1.807) is 25.1 Å². The predicted octanol–water partition coefficient (Wildman–Crippen LogP) is 2.66. The molecular formula is C11H11NO2. The van der Waals surface area contributed by atoms with Gasteiger partial charge in [0, 0.05) is 12.5 Å². The SMILES string of the molecule is Cc1nc(-c2cccc(O)c2)c(C)o1. The van der Waals surface area contributed by atoms with Crippen molar-refractivity contribution in [2.75, 3.05) is 0 Å². The van der Waals surface area contributed by atoms with Crippen molar-refractivity contribution in [3.8, 4) is 17.0 Å². The lowest BCUT2D eigenvalue weighted by atomic mass is 10.1. The molecule has 72 valence electrons. The molecule has 2 aromatic rings. The number of rotatable bonds is 1. The molecule has 0 fully saturated rings. The highest BCUT2D eigenvalue weighted by Gasteiger charge is 2.08. The molecule has 14 heavy (non-hydrogen) atoms. The molecule has 3 heteroatoms. The number of oxazole rings is 1. The average molecular weight is 189 g/mol. The Bertz CT molecular complexity index is 460. The Labute approximate surface area is 82.0 Å². The second-order valence-corrected chi connectivity index (χ2v) is 3.19. The second-order valence-electron chi connectivity index (χ2n) is 3.19. The van der Waals surface area contributed by atoms with Crippen LogP contribution in [0.2, 0.25) is 0 Å². The van der Waals surface area contributed by atoms with E-state index in [0.717, 1.165) is 17.0 Å². The summed E-state index contributed by atoms with van der Waals surface area (Å²) in [5, 5.41) is 9.31. The van der Waals surface area contributed by atoms with Crippen LogP contribution < -0.4 is 0 Å². The van der Waals surface area contributed by atoms with E-state index in [2.05, 4.69) is 4.98 Å². The van der Waals surface area contributed by atoms with Crippen molar-refractivity contribution in [3.05, 3.63) is 35.9 Å². The van der Waals surface area contributed by atoms with Crippen LogP contribution in [0.25, 0.3) is 11.3 Å². The summed E-state index contributed by atoms with van der Waals surface area (Å²) in [4.78, 5) is 4.24. The van der Waals surface area contributed by atoms with Crippen molar-refractivity contribution in [1.29, 1.82) is 0 Å². The fraction of sp³-hybridized carbons (Fsp3) is 0.182. The molecule has 0 saturated heterocycles. The smallest absolute Gasteiger partial charge is 0.191 e. The molecule has 0 radical (unpaired) electrons. The third-order valence-electron chi connectivity index (χ3n) is 2.02. The van der Waals surface area contributed by atoms with Crippen molar-refractivity contribution in [2.45, 2.75) is 13.8 Å². The fourth-order valence-electron chi connectivity index (χ4n) is 1.45. The van der Waals surface area contributed by atoms with E-state index in [1.807, 2.05) is 13.0 Å². The number of aromatic nitrogens is 1. The van der Waals surface area contributed by atoms with Crippen molar-refractivity contribution >= 4 is 0 Å². The van der Waals surface area contributed by atoms with Crippen LogP contribution in [0.3, 0.4) is 0 Å². The maximum absolute atomic E-state index is 9.31. The molecule has 1 N–H and O–H groups in total. The van der Waals surface area contributed by atoms with Gasteiger partial charge in [0.15, 0.2) is 5.89 Å². The highest BCUT2D eigenvalue weighted by Crippen LogP contribution is 2.25. The van der Waals surface area contributed by atoms with E-state index in [9.17, 15) is 5.11 Å². The first-order valence-electron chi connectivity index (χ1n) is 4.40. The van der Waals surface area contributed by atoms with Crippen LogP contribution in [0.4, 0.5) is 0 Å². The van der Waals surface area contributed by atoms with Gasteiger partial charge in [-0.05, 0) is 19.1 Å². The third-order valence-corrected chi connectivity index (χ3v) is 2.02. The summed E-state index contributed by atoms with van der Waals surface area (Å²) in [6.07, 6.45) is 0. The summed E-state index contributed by atoms with van der Waals surface area (Å²) in [7, 11) is 0. The summed E-state index contributed by atoms with van der Waals surface area (Å²) in [6, 6.07) is 6.98. The van der Waals surface area contributed by atoms with Crippen LogP contribution in [0.5, 0.6) is 5.75 Å².